The van der Waals surface area contributed by atoms with E-state index < -0.39 is 0 Å². The molecular weight excluding hydrogens is 286 g/mol. The van der Waals surface area contributed by atoms with Gasteiger partial charge in [-0.25, -0.2) is 0 Å². The number of likely N-dealkylation sites (N-methyl/N-ethyl adjacent to an activating group) is 1. The van der Waals surface area contributed by atoms with E-state index in [-0.39, 0.29) is 0 Å². The molecule has 0 aliphatic rings. The molecule has 3 heteroatoms. The molecule has 1 aromatic carbocycles. The minimum Gasteiger partial charge on any atom is -0.310 e. The van der Waals surface area contributed by atoms with Crippen LogP contribution >= 0.6 is 22.9 Å². The minimum absolute atomic E-state index is 0.334. The summed E-state index contributed by atoms with van der Waals surface area (Å²) in [6.45, 7) is 7.41. The van der Waals surface area contributed by atoms with Gasteiger partial charge < -0.3 is 5.32 Å². The number of hydrogen-bond donors (Lipinski definition) is 1. The van der Waals surface area contributed by atoms with Gasteiger partial charge >= 0.3 is 0 Å². The van der Waals surface area contributed by atoms with E-state index in [4.69, 9.17) is 11.6 Å². The van der Waals surface area contributed by atoms with E-state index >= 15 is 0 Å². The molecule has 20 heavy (non-hydrogen) atoms. The van der Waals surface area contributed by atoms with Crippen LogP contribution in [0.2, 0.25) is 5.02 Å². The molecule has 1 aromatic heterocycles. The van der Waals surface area contributed by atoms with Gasteiger partial charge in [0.1, 0.15) is 0 Å². The average Bonchev–Trinajstić information content (AvgIpc) is 2.85. The lowest BCUT2D eigenvalue weighted by atomic mass is 10.0. The first-order valence-electron chi connectivity index (χ1n) is 7.20. The van der Waals surface area contributed by atoms with Crippen LogP contribution in [0.25, 0.3) is 0 Å². The minimum atomic E-state index is 0.334. The van der Waals surface area contributed by atoms with E-state index in [0.717, 1.165) is 24.4 Å². The highest BCUT2D eigenvalue weighted by atomic mass is 35.5. The highest BCUT2D eigenvalue weighted by Crippen LogP contribution is 2.26. The lowest BCUT2D eigenvalue weighted by molar-refractivity contribution is 0.553. The zero-order valence-electron chi connectivity index (χ0n) is 12.4. The number of benzene rings is 1. The predicted octanol–water partition coefficient (Wildman–Crippen LogP) is 5.17. The summed E-state index contributed by atoms with van der Waals surface area (Å²) in [6, 6.07) is 11.1. The molecule has 0 fully saturated rings. The third kappa shape index (κ3) is 4.08. The van der Waals surface area contributed by atoms with Gasteiger partial charge in [-0.05, 0) is 55.3 Å². The Bertz CT molecular complexity index is 542. The van der Waals surface area contributed by atoms with Crippen LogP contribution in [0.3, 0.4) is 0 Å². The quantitative estimate of drug-likeness (QED) is 0.776. The highest BCUT2D eigenvalue weighted by molar-refractivity contribution is 7.11. The van der Waals surface area contributed by atoms with E-state index in [9.17, 15) is 0 Å². The van der Waals surface area contributed by atoms with Gasteiger partial charge in [0.05, 0.1) is 0 Å². The van der Waals surface area contributed by atoms with Crippen molar-refractivity contribution in [3.8, 4) is 0 Å². The summed E-state index contributed by atoms with van der Waals surface area (Å²) in [5.41, 5.74) is 2.50. The molecule has 0 spiro atoms. The summed E-state index contributed by atoms with van der Waals surface area (Å²) in [5, 5.41) is 4.40. The Morgan fingerprint density at radius 3 is 2.50 bits per heavy atom. The number of thiophene rings is 1. The molecule has 1 heterocycles. The monoisotopic (exact) mass is 307 g/mol. The summed E-state index contributed by atoms with van der Waals surface area (Å²) in [6.07, 6.45) is 2.14. The Labute approximate surface area is 131 Å². The zero-order valence-corrected chi connectivity index (χ0v) is 13.9. The Balaban J connectivity index is 2.21. The molecule has 1 unspecified atom stereocenters. The number of hydrogen-bond acceptors (Lipinski definition) is 2. The van der Waals surface area contributed by atoms with Crippen LogP contribution in [0.5, 0.6) is 0 Å². The molecule has 1 N–H and O–H groups in total. The van der Waals surface area contributed by atoms with E-state index in [2.05, 4.69) is 50.4 Å². The van der Waals surface area contributed by atoms with Crippen molar-refractivity contribution in [1.82, 2.24) is 5.32 Å². The van der Waals surface area contributed by atoms with Crippen molar-refractivity contribution in [3.63, 3.8) is 0 Å². The van der Waals surface area contributed by atoms with Crippen LogP contribution in [0.1, 0.15) is 40.8 Å². The van der Waals surface area contributed by atoms with Gasteiger partial charge in [-0.1, -0.05) is 31.5 Å². The highest BCUT2D eigenvalue weighted by Gasteiger charge is 2.13. The van der Waals surface area contributed by atoms with Crippen LogP contribution in [0, 0.1) is 6.92 Å². The van der Waals surface area contributed by atoms with E-state index in [1.807, 2.05) is 17.4 Å². The fourth-order valence-corrected chi connectivity index (χ4v) is 3.74. The Kier molecular flexibility index (Phi) is 5.64. The topological polar surface area (TPSA) is 12.0 Å². The first kappa shape index (κ1) is 15.6. The smallest absolute Gasteiger partial charge is 0.0411 e. The molecule has 0 saturated heterocycles. The van der Waals surface area contributed by atoms with Crippen molar-refractivity contribution in [1.29, 1.82) is 0 Å². The van der Waals surface area contributed by atoms with Crippen LogP contribution < -0.4 is 5.32 Å². The lowest BCUT2D eigenvalue weighted by Gasteiger charge is -2.18. The van der Waals surface area contributed by atoms with Gasteiger partial charge in [-0.3, -0.25) is 0 Å². The Hall–Kier alpha value is -0.830. The largest absolute Gasteiger partial charge is 0.310 e. The second-order valence-electron chi connectivity index (χ2n) is 5.10. The van der Waals surface area contributed by atoms with E-state index in [0.29, 0.717) is 6.04 Å². The fourth-order valence-electron chi connectivity index (χ4n) is 2.44. The van der Waals surface area contributed by atoms with Crippen molar-refractivity contribution < 1.29 is 0 Å². The van der Waals surface area contributed by atoms with Crippen molar-refractivity contribution in [2.45, 2.75) is 39.7 Å². The van der Waals surface area contributed by atoms with Gasteiger partial charge in [-0.2, -0.15) is 0 Å². The maximum Gasteiger partial charge on any atom is 0.0411 e. The Morgan fingerprint density at radius 1 is 1.15 bits per heavy atom. The third-order valence-electron chi connectivity index (χ3n) is 3.39. The molecule has 0 radical (unpaired) electrons. The molecule has 2 rings (SSSR count). The predicted molar refractivity (Wildman–Crippen MR) is 90.0 cm³/mol. The molecule has 0 bridgehead atoms. The number of nitrogens with one attached hydrogen (secondary N) is 1. The molecule has 0 aliphatic heterocycles. The summed E-state index contributed by atoms with van der Waals surface area (Å²) < 4.78 is 0. The van der Waals surface area contributed by atoms with E-state index in [1.54, 1.807) is 0 Å². The fraction of sp³-hybridized carbons (Fsp3) is 0.412. The van der Waals surface area contributed by atoms with Crippen molar-refractivity contribution in [2.24, 2.45) is 0 Å². The summed E-state index contributed by atoms with van der Waals surface area (Å²) in [5.74, 6) is 0. The molecule has 2 aromatic rings. The first-order valence-corrected chi connectivity index (χ1v) is 8.39. The molecule has 1 nitrogen and oxygen atoms in total. The standard InChI is InChI=1S/C17H22ClNS/c1-4-15-6-7-16(20-15)11-17(19-5-2)13-8-12(3)9-14(18)10-13/h6-10,17,19H,4-5,11H2,1-3H3. The van der Waals surface area contributed by atoms with Gasteiger partial charge in [0.25, 0.3) is 0 Å². The number of halogens is 1. The van der Waals surface area contributed by atoms with Crippen LogP contribution in [-0.2, 0) is 12.8 Å². The van der Waals surface area contributed by atoms with E-state index in [1.165, 1.54) is 20.9 Å². The van der Waals surface area contributed by atoms with Gasteiger partial charge in [0, 0.05) is 27.2 Å². The summed E-state index contributed by atoms with van der Waals surface area (Å²) in [4.78, 5) is 2.89. The average molecular weight is 308 g/mol. The maximum atomic E-state index is 6.20. The van der Waals surface area contributed by atoms with Crippen LogP contribution in [-0.4, -0.2) is 6.54 Å². The Morgan fingerprint density at radius 2 is 1.90 bits per heavy atom. The van der Waals surface area contributed by atoms with Gasteiger partial charge in [0.2, 0.25) is 0 Å². The summed E-state index contributed by atoms with van der Waals surface area (Å²) in [7, 11) is 0. The second-order valence-corrected chi connectivity index (χ2v) is 6.79. The molecular formula is C17H22ClNS. The second kappa shape index (κ2) is 7.26. The van der Waals surface area contributed by atoms with Gasteiger partial charge in [-0.15, -0.1) is 11.3 Å². The van der Waals surface area contributed by atoms with Crippen molar-refractivity contribution >= 4 is 22.9 Å². The zero-order chi connectivity index (χ0) is 14.5. The molecule has 0 saturated carbocycles. The first-order chi connectivity index (χ1) is 9.62. The van der Waals surface area contributed by atoms with Crippen molar-refractivity contribution in [3.05, 3.63) is 56.2 Å². The third-order valence-corrected chi connectivity index (χ3v) is 4.86. The lowest BCUT2D eigenvalue weighted by Crippen LogP contribution is -2.22. The van der Waals surface area contributed by atoms with Crippen LogP contribution in [0.4, 0.5) is 0 Å². The van der Waals surface area contributed by atoms with Crippen molar-refractivity contribution in [2.75, 3.05) is 6.54 Å². The molecule has 1 atom stereocenters. The number of aryl methyl sites for hydroxylation is 2. The SMILES string of the molecule is CCNC(Cc1ccc(CC)s1)c1cc(C)cc(Cl)c1. The van der Waals surface area contributed by atoms with Crippen LogP contribution in [0.15, 0.2) is 30.3 Å². The molecule has 0 amide bonds. The number of rotatable bonds is 6. The van der Waals surface area contributed by atoms with Gasteiger partial charge in [0.15, 0.2) is 0 Å². The summed E-state index contributed by atoms with van der Waals surface area (Å²) >= 11 is 8.12. The molecule has 108 valence electrons. The normalized spacial score (nSPS) is 12.6. The molecule has 0 aliphatic carbocycles. The maximum absolute atomic E-state index is 6.20.